The van der Waals surface area contributed by atoms with E-state index in [2.05, 4.69) is 10.00 Å². The fraction of sp³-hybridized carbons (Fsp3) is 0.800. The molecule has 0 aliphatic carbocycles. The molecule has 4 rings (SSSR count). The molecule has 3 aliphatic heterocycles. The summed E-state index contributed by atoms with van der Waals surface area (Å²) in [6.45, 7) is 7.43. The fourth-order valence-corrected chi connectivity index (χ4v) is 5.02. The maximum Gasteiger partial charge on any atom is 0.272 e. The van der Waals surface area contributed by atoms with Crippen LogP contribution in [0.15, 0.2) is 12.3 Å². The second-order valence-corrected chi connectivity index (χ2v) is 8.34. The van der Waals surface area contributed by atoms with Crippen molar-refractivity contribution in [3.05, 3.63) is 18.0 Å². The van der Waals surface area contributed by atoms with Gasteiger partial charge >= 0.3 is 0 Å². The predicted octanol–water partition coefficient (Wildman–Crippen LogP) is 2.02. The molecule has 0 aromatic carbocycles. The summed E-state index contributed by atoms with van der Waals surface area (Å²) in [5.74, 6) is 2.53. The zero-order valence-electron chi connectivity index (χ0n) is 16.0. The summed E-state index contributed by atoms with van der Waals surface area (Å²) in [5, 5.41) is 4.12. The van der Waals surface area contributed by atoms with Crippen LogP contribution in [0.4, 0.5) is 0 Å². The number of rotatable bonds is 4. The number of carbonyl (C=O) groups is 1. The molecule has 0 bridgehead atoms. The van der Waals surface area contributed by atoms with Crippen molar-refractivity contribution in [1.82, 2.24) is 19.6 Å². The lowest BCUT2D eigenvalue weighted by Gasteiger charge is -2.40. The zero-order chi connectivity index (χ0) is 17.9. The Morgan fingerprint density at radius 1 is 1.12 bits per heavy atom. The summed E-state index contributed by atoms with van der Waals surface area (Å²) >= 11 is 0. The lowest BCUT2D eigenvalue weighted by Crippen LogP contribution is -2.43. The Kier molecular flexibility index (Phi) is 5.60. The third-order valence-corrected chi connectivity index (χ3v) is 6.71. The fourth-order valence-electron chi connectivity index (χ4n) is 5.02. The molecule has 0 N–H and O–H groups in total. The van der Waals surface area contributed by atoms with E-state index in [1.54, 1.807) is 10.9 Å². The Morgan fingerprint density at radius 2 is 1.81 bits per heavy atom. The number of carbonyl (C=O) groups excluding carboxylic acids is 1. The molecule has 0 saturated carbocycles. The van der Waals surface area contributed by atoms with Crippen LogP contribution in [0.2, 0.25) is 0 Å². The summed E-state index contributed by atoms with van der Waals surface area (Å²) in [6.07, 6.45) is 7.91. The average Bonchev–Trinajstić information content (AvgIpc) is 3.34. The van der Waals surface area contributed by atoms with Gasteiger partial charge in [-0.2, -0.15) is 5.10 Å². The van der Waals surface area contributed by atoms with Crippen LogP contribution in [0, 0.1) is 17.8 Å². The lowest BCUT2D eigenvalue weighted by atomic mass is 9.78. The van der Waals surface area contributed by atoms with Gasteiger partial charge in [0.1, 0.15) is 5.69 Å². The third-order valence-electron chi connectivity index (χ3n) is 6.71. The quantitative estimate of drug-likeness (QED) is 0.824. The minimum atomic E-state index is 0.136. The first-order chi connectivity index (χ1) is 12.7. The Labute approximate surface area is 156 Å². The smallest absolute Gasteiger partial charge is 0.272 e. The third kappa shape index (κ3) is 3.96. The molecule has 6 heteroatoms. The molecule has 6 nitrogen and oxygen atoms in total. The van der Waals surface area contributed by atoms with Crippen molar-refractivity contribution in [2.45, 2.75) is 32.1 Å². The van der Waals surface area contributed by atoms with E-state index < -0.39 is 0 Å². The van der Waals surface area contributed by atoms with Gasteiger partial charge in [0.15, 0.2) is 0 Å². The molecule has 3 saturated heterocycles. The summed E-state index contributed by atoms with van der Waals surface area (Å²) in [4.78, 5) is 17.3. The number of nitrogens with zero attached hydrogens (tertiary/aromatic N) is 4. The molecule has 1 aromatic heterocycles. The van der Waals surface area contributed by atoms with Gasteiger partial charge in [-0.15, -0.1) is 0 Å². The summed E-state index contributed by atoms with van der Waals surface area (Å²) < 4.78 is 7.19. The first-order valence-corrected chi connectivity index (χ1v) is 10.3. The van der Waals surface area contributed by atoms with Crippen LogP contribution in [0.3, 0.4) is 0 Å². The number of aryl methyl sites for hydroxylation is 1. The van der Waals surface area contributed by atoms with Gasteiger partial charge in [-0.05, 0) is 69.0 Å². The van der Waals surface area contributed by atoms with Gasteiger partial charge < -0.3 is 14.5 Å². The number of hydrogen-bond acceptors (Lipinski definition) is 4. The second-order valence-electron chi connectivity index (χ2n) is 8.34. The van der Waals surface area contributed by atoms with E-state index in [4.69, 9.17) is 4.74 Å². The Hall–Kier alpha value is -1.40. The standard InChI is InChI=1S/C20H32N4O2/c1-22-19(2-8-21-22)20(25)24-11-5-18(6-12-24)17-3-9-23(10-4-17)14-16-7-13-26-15-16/h2,8,16-18H,3-7,9-15H2,1H3. The van der Waals surface area contributed by atoms with Crippen LogP contribution in [0.1, 0.15) is 42.6 Å². The molecular formula is C20H32N4O2. The van der Waals surface area contributed by atoms with Crippen molar-refractivity contribution in [2.75, 3.05) is 45.9 Å². The molecule has 0 radical (unpaired) electrons. The van der Waals surface area contributed by atoms with Crippen molar-refractivity contribution in [2.24, 2.45) is 24.8 Å². The maximum atomic E-state index is 12.6. The second kappa shape index (κ2) is 8.09. The molecular weight excluding hydrogens is 328 g/mol. The molecule has 26 heavy (non-hydrogen) atoms. The number of aromatic nitrogens is 2. The molecule has 0 spiro atoms. The minimum Gasteiger partial charge on any atom is -0.381 e. The topological polar surface area (TPSA) is 50.6 Å². The summed E-state index contributed by atoms with van der Waals surface area (Å²) in [5.41, 5.74) is 0.702. The molecule has 3 aliphatic rings. The highest BCUT2D eigenvalue weighted by Gasteiger charge is 2.32. The highest BCUT2D eigenvalue weighted by Crippen LogP contribution is 2.33. The van der Waals surface area contributed by atoms with Crippen molar-refractivity contribution in [3.8, 4) is 0 Å². The Balaban J connectivity index is 1.21. The van der Waals surface area contributed by atoms with Crippen molar-refractivity contribution < 1.29 is 9.53 Å². The molecule has 1 aromatic rings. The van der Waals surface area contributed by atoms with E-state index in [0.29, 0.717) is 5.69 Å². The van der Waals surface area contributed by atoms with Gasteiger partial charge in [0.2, 0.25) is 0 Å². The van der Waals surface area contributed by atoms with Crippen LogP contribution >= 0.6 is 0 Å². The average molecular weight is 361 g/mol. The van der Waals surface area contributed by atoms with Crippen molar-refractivity contribution in [1.29, 1.82) is 0 Å². The number of likely N-dealkylation sites (tertiary alicyclic amines) is 2. The number of piperidine rings is 2. The Morgan fingerprint density at radius 3 is 2.38 bits per heavy atom. The SMILES string of the molecule is Cn1nccc1C(=O)N1CCC(C2CCN(CC3CCOC3)CC2)CC1. The van der Waals surface area contributed by atoms with E-state index in [9.17, 15) is 4.79 Å². The highest BCUT2D eigenvalue weighted by atomic mass is 16.5. The first kappa shape index (κ1) is 18.0. The summed E-state index contributed by atoms with van der Waals surface area (Å²) in [6, 6.07) is 1.82. The maximum absolute atomic E-state index is 12.6. The number of ether oxygens (including phenoxy) is 1. The molecule has 144 valence electrons. The van der Waals surface area contributed by atoms with Gasteiger partial charge in [-0.3, -0.25) is 9.48 Å². The monoisotopic (exact) mass is 360 g/mol. The van der Waals surface area contributed by atoms with E-state index >= 15 is 0 Å². The van der Waals surface area contributed by atoms with Crippen LogP contribution < -0.4 is 0 Å². The van der Waals surface area contributed by atoms with Crippen molar-refractivity contribution in [3.63, 3.8) is 0 Å². The van der Waals surface area contributed by atoms with Gasteiger partial charge in [0.05, 0.1) is 6.61 Å². The van der Waals surface area contributed by atoms with Gasteiger partial charge in [-0.1, -0.05) is 0 Å². The largest absolute Gasteiger partial charge is 0.381 e. The first-order valence-electron chi connectivity index (χ1n) is 10.3. The predicted molar refractivity (Wildman–Crippen MR) is 99.9 cm³/mol. The molecule has 3 fully saturated rings. The van der Waals surface area contributed by atoms with E-state index in [0.717, 1.165) is 56.9 Å². The molecule has 1 amide bonds. The molecule has 1 atom stereocenters. The van der Waals surface area contributed by atoms with E-state index in [1.807, 2.05) is 18.0 Å². The van der Waals surface area contributed by atoms with E-state index in [1.165, 1.54) is 38.9 Å². The molecule has 1 unspecified atom stereocenters. The van der Waals surface area contributed by atoms with Gasteiger partial charge in [0, 0.05) is 39.5 Å². The van der Waals surface area contributed by atoms with Crippen LogP contribution in [-0.2, 0) is 11.8 Å². The zero-order valence-corrected chi connectivity index (χ0v) is 16.0. The number of hydrogen-bond donors (Lipinski definition) is 0. The van der Waals surface area contributed by atoms with Gasteiger partial charge in [-0.25, -0.2) is 0 Å². The summed E-state index contributed by atoms with van der Waals surface area (Å²) in [7, 11) is 1.84. The highest BCUT2D eigenvalue weighted by molar-refractivity contribution is 5.92. The normalized spacial score (nSPS) is 26.5. The lowest BCUT2D eigenvalue weighted by molar-refractivity contribution is 0.0580. The molecule has 4 heterocycles. The van der Waals surface area contributed by atoms with E-state index in [-0.39, 0.29) is 5.91 Å². The van der Waals surface area contributed by atoms with Crippen LogP contribution in [0.25, 0.3) is 0 Å². The Bertz CT molecular complexity index is 595. The number of amides is 1. The van der Waals surface area contributed by atoms with Gasteiger partial charge in [0.25, 0.3) is 5.91 Å². The minimum absolute atomic E-state index is 0.136. The van der Waals surface area contributed by atoms with Crippen molar-refractivity contribution >= 4 is 5.91 Å². The van der Waals surface area contributed by atoms with Crippen LogP contribution in [-0.4, -0.2) is 71.4 Å². The van der Waals surface area contributed by atoms with Crippen LogP contribution in [0.5, 0.6) is 0 Å².